The Morgan fingerprint density at radius 1 is 1.10 bits per heavy atom. The van der Waals surface area contributed by atoms with Crippen LogP contribution in [-0.4, -0.2) is 24.4 Å². The first kappa shape index (κ1) is 19.6. The predicted molar refractivity (Wildman–Crippen MR) is 79.3 cm³/mol. The lowest BCUT2D eigenvalue weighted by atomic mass is 9.86. The molecular weight excluding hydrogens is 275 g/mol. The fraction of sp³-hybridized carbons (Fsp3) is 0.750. The Balaban J connectivity index is 4.46. The van der Waals surface area contributed by atoms with E-state index in [9.17, 15) is 14.0 Å². The van der Waals surface area contributed by atoms with Crippen LogP contribution in [0.25, 0.3) is 0 Å². The smallest absolute Gasteiger partial charge is 0.333 e. The van der Waals surface area contributed by atoms with Gasteiger partial charge in [0.05, 0.1) is 0 Å². The molecule has 0 spiro atoms. The molecule has 0 aliphatic carbocycles. The van der Waals surface area contributed by atoms with Gasteiger partial charge in [0.25, 0.3) is 0 Å². The molecule has 2 unspecified atom stereocenters. The first-order chi connectivity index (χ1) is 9.70. The van der Waals surface area contributed by atoms with E-state index in [0.717, 1.165) is 31.4 Å². The Hall–Kier alpha value is -1.39. The van der Waals surface area contributed by atoms with Crippen LogP contribution in [0.4, 0.5) is 4.39 Å². The lowest BCUT2D eigenvalue weighted by molar-refractivity contribution is -0.153. The summed E-state index contributed by atoms with van der Waals surface area (Å²) in [6.45, 7) is 9.60. The van der Waals surface area contributed by atoms with Crippen LogP contribution in [0.1, 0.15) is 60.3 Å². The van der Waals surface area contributed by atoms with E-state index in [4.69, 9.17) is 4.74 Å². The van der Waals surface area contributed by atoms with E-state index in [2.05, 4.69) is 11.7 Å². The molecule has 0 fully saturated rings. The monoisotopic (exact) mass is 302 g/mol. The van der Waals surface area contributed by atoms with E-state index in [-0.39, 0.29) is 17.9 Å². The highest BCUT2D eigenvalue weighted by atomic mass is 19.1. The Kier molecular flexibility index (Phi) is 8.90. The van der Waals surface area contributed by atoms with E-state index >= 15 is 0 Å². The average molecular weight is 302 g/mol. The van der Waals surface area contributed by atoms with Gasteiger partial charge in [-0.1, -0.05) is 47.5 Å². The fourth-order valence-corrected chi connectivity index (χ4v) is 1.62. The third kappa shape index (κ3) is 9.21. The highest BCUT2D eigenvalue weighted by Gasteiger charge is 2.27. The zero-order valence-electron chi connectivity index (χ0n) is 13.6. The van der Waals surface area contributed by atoms with Crippen molar-refractivity contribution in [3.63, 3.8) is 0 Å². The Morgan fingerprint density at radius 2 is 1.62 bits per heavy atom. The molecular formula is C16H27FO4. The van der Waals surface area contributed by atoms with E-state index < -0.39 is 18.3 Å². The number of hydrogen-bond donors (Lipinski definition) is 0. The lowest BCUT2D eigenvalue weighted by Crippen LogP contribution is -2.31. The molecule has 0 saturated carbocycles. The molecule has 0 heterocycles. The van der Waals surface area contributed by atoms with Crippen LogP contribution in [0.5, 0.6) is 0 Å². The molecule has 0 aliphatic rings. The molecule has 5 heteroatoms. The topological polar surface area (TPSA) is 52.6 Å². The maximum atomic E-state index is 12.8. The van der Waals surface area contributed by atoms with Crippen molar-refractivity contribution in [1.82, 2.24) is 0 Å². The molecule has 4 nitrogen and oxygen atoms in total. The minimum absolute atomic E-state index is 0.0765. The van der Waals surface area contributed by atoms with Gasteiger partial charge < -0.3 is 9.47 Å². The summed E-state index contributed by atoms with van der Waals surface area (Å²) in [5, 5.41) is 0. The highest BCUT2D eigenvalue weighted by molar-refractivity contribution is 5.91. The van der Waals surface area contributed by atoms with Gasteiger partial charge in [0.2, 0.25) is 6.36 Å². The first-order valence-corrected chi connectivity index (χ1v) is 7.44. The van der Waals surface area contributed by atoms with Crippen molar-refractivity contribution in [3.8, 4) is 0 Å². The van der Waals surface area contributed by atoms with E-state index in [1.165, 1.54) is 0 Å². The SMILES string of the molecule is CCCCC(OC(=O)C=CC(=O)OC(F)CC)C(C)(C)C. The van der Waals surface area contributed by atoms with Gasteiger partial charge in [-0.3, -0.25) is 0 Å². The fourth-order valence-electron chi connectivity index (χ4n) is 1.62. The zero-order chi connectivity index (χ0) is 16.5. The molecule has 122 valence electrons. The van der Waals surface area contributed by atoms with Crippen LogP contribution in [-0.2, 0) is 19.1 Å². The van der Waals surface area contributed by atoms with Crippen molar-refractivity contribution in [2.45, 2.75) is 72.8 Å². The van der Waals surface area contributed by atoms with Crippen LogP contribution in [0.15, 0.2) is 12.2 Å². The lowest BCUT2D eigenvalue weighted by Gasteiger charge is -2.29. The molecule has 0 amide bonds. The summed E-state index contributed by atoms with van der Waals surface area (Å²) in [7, 11) is 0. The van der Waals surface area contributed by atoms with Gasteiger partial charge >= 0.3 is 11.9 Å². The summed E-state index contributed by atoms with van der Waals surface area (Å²) >= 11 is 0. The van der Waals surface area contributed by atoms with Crippen molar-refractivity contribution in [2.75, 3.05) is 0 Å². The number of unbranched alkanes of at least 4 members (excludes halogenated alkanes) is 1. The Morgan fingerprint density at radius 3 is 2.05 bits per heavy atom. The summed E-state index contributed by atoms with van der Waals surface area (Å²) in [5.74, 6) is -1.50. The molecule has 2 atom stereocenters. The van der Waals surface area contributed by atoms with Crippen LogP contribution >= 0.6 is 0 Å². The number of hydrogen-bond acceptors (Lipinski definition) is 4. The second-order valence-electron chi connectivity index (χ2n) is 6.02. The number of rotatable bonds is 8. The highest BCUT2D eigenvalue weighted by Crippen LogP contribution is 2.26. The van der Waals surface area contributed by atoms with E-state index in [1.54, 1.807) is 6.92 Å². The van der Waals surface area contributed by atoms with Crippen molar-refractivity contribution < 1.29 is 23.5 Å². The van der Waals surface area contributed by atoms with Crippen molar-refractivity contribution >= 4 is 11.9 Å². The number of esters is 2. The standard InChI is InChI=1S/C16H27FO4/c1-6-8-9-12(16(3,4)5)20-14(18)10-11-15(19)21-13(17)7-2/h10-13H,6-9H2,1-5H3. The predicted octanol–water partition coefficient (Wildman–Crippen LogP) is 3.94. The van der Waals surface area contributed by atoms with Gasteiger partial charge in [0, 0.05) is 18.6 Å². The van der Waals surface area contributed by atoms with Gasteiger partial charge in [-0.15, -0.1) is 0 Å². The van der Waals surface area contributed by atoms with Crippen LogP contribution in [0.2, 0.25) is 0 Å². The molecule has 0 aromatic heterocycles. The van der Waals surface area contributed by atoms with Gasteiger partial charge in [0.15, 0.2) is 0 Å². The molecule has 0 rings (SSSR count). The molecule has 0 aromatic rings. The molecule has 0 aliphatic heterocycles. The maximum Gasteiger partial charge on any atom is 0.333 e. The number of alkyl halides is 1. The Bertz CT molecular complexity index is 358. The third-order valence-corrected chi connectivity index (χ3v) is 2.96. The van der Waals surface area contributed by atoms with E-state index in [0.29, 0.717) is 0 Å². The normalized spacial score (nSPS) is 14.8. The summed E-state index contributed by atoms with van der Waals surface area (Å²) in [6.07, 6.45) is 2.82. The van der Waals surface area contributed by atoms with Crippen molar-refractivity contribution in [2.24, 2.45) is 5.41 Å². The molecule has 0 N–H and O–H groups in total. The van der Waals surface area contributed by atoms with Gasteiger partial charge in [0.1, 0.15) is 6.10 Å². The van der Waals surface area contributed by atoms with Crippen LogP contribution < -0.4 is 0 Å². The number of carbonyl (C=O) groups excluding carboxylic acids is 2. The molecule has 21 heavy (non-hydrogen) atoms. The van der Waals surface area contributed by atoms with Crippen LogP contribution in [0, 0.1) is 5.41 Å². The summed E-state index contributed by atoms with van der Waals surface area (Å²) in [4.78, 5) is 22.9. The van der Waals surface area contributed by atoms with Gasteiger partial charge in [-0.05, 0) is 11.8 Å². The number of halogens is 1. The molecule has 0 aromatic carbocycles. The van der Waals surface area contributed by atoms with Crippen molar-refractivity contribution in [1.29, 1.82) is 0 Å². The minimum atomic E-state index is -1.65. The van der Waals surface area contributed by atoms with Gasteiger partial charge in [-0.25, -0.2) is 14.0 Å². The van der Waals surface area contributed by atoms with Gasteiger partial charge in [-0.2, -0.15) is 0 Å². The zero-order valence-corrected chi connectivity index (χ0v) is 13.6. The second kappa shape index (κ2) is 9.53. The number of carbonyl (C=O) groups is 2. The quantitative estimate of drug-likeness (QED) is 0.503. The first-order valence-electron chi connectivity index (χ1n) is 7.44. The largest absolute Gasteiger partial charge is 0.459 e. The number of ether oxygens (including phenoxy) is 2. The molecule has 0 saturated heterocycles. The summed E-state index contributed by atoms with van der Waals surface area (Å²) < 4.78 is 22.6. The molecule has 0 radical (unpaired) electrons. The minimum Gasteiger partial charge on any atom is -0.459 e. The summed E-state index contributed by atoms with van der Waals surface area (Å²) in [6, 6.07) is 0. The maximum absolute atomic E-state index is 12.8. The summed E-state index contributed by atoms with van der Waals surface area (Å²) in [5.41, 5.74) is -0.175. The van der Waals surface area contributed by atoms with E-state index in [1.807, 2.05) is 20.8 Å². The third-order valence-electron chi connectivity index (χ3n) is 2.96. The van der Waals surface area contributed by atoms with Crippen LogP contribution in [0.3, 0.4) is 0 Å². The second-order valence-corrected chi connectivity index (χ2v) is 6.02. The Labute approximate surface area is 126 Å². The van der Waals surface area contributed by atoms with Crippen molar-refractivity contribution in [3.05, 3.63) is 12.2 Å². The molecule has 0 bridgehead atoms. The average Bonchev–Trinajstić information content (AvgIpc) is 2.39.